The van der Waals surface area contributed by atoms with E-state index in [0.717, 1.165) is 34.0 Å². The summed E-state index contributed by atoms with van der Waals surface area (Å²) >= 11 is 0. The highest BCUT2D eigenvalue weighted by Gasteiger charge is 2.31. The molecular formula is C31H37N3O3. The number of hydrogen-bond acceptors (Lipinski definition) is 3. The van der Waals surface area contributed by atoms with Gasteiger partial charge in [-0.1, -0.05) is 68.4 Å². The second-order valence-corrected chi connectivity index (χ2v) is 9.81. The Kier molecular flexibility index (Phi) is 8.59. The van der Waals surface area contributed by atoms with Gasteiger partial charge in [0.25, 0.3) is 5.91 Å². The van der Waals surface area contributed by atoms with Gasteiger partial charge in [0.2, 0.25) is 11.8 Å². The van der Waals surface area contributed by atoms with Gasteiger partial charge in [-0.2, -0.15) is 0 Å². The summed E-state index contributed by atoms with van der Waals surface area (Å²) in [6.07, 6.45) is 2.86. The van der Waals surface area contributed by atoms with Crippen molar-refractivity contribution in [3.63, 3.8) is 0 Å². The number of anilines is 1. The second-order valence-electron chi connectivity index (χ2n) is 9.81. The Morgan fingerprint density at radius 1 is 0.946 bits per heavy atom. The second kappa shape index (κ2) is 12.0. The summed E-state index contributed by atoms with van der Waals surface area (Å²) in [6, 6.07) is 21.3. The van der Waals surface area contributed by atoms with E-state index in [4.69, 9.17) is 0 Å². The van der Waals surface area contributed by atoms with E-state index >= 15 is 0 Å². The molecular weight excluding hydrogens is 462 g/mol. The fraction of sp³-hybridized carbons (Fsp3) is 0.387. The molecule has 3 aromatic rings. The van der Waals surface area contributed by atoms with E-state index in [1.165, 1.54) is 0 Å². The fourth-order valence-corrected chi connectivity index (χ4v) is 5.07. The highest BCUT2D eigenvalue weighted by Crippen LogP contribution is 2.37. The number of carbonyl (C=O) groups excluding carboxylic acids is 3. The first-order valence-electron chi connectivity index (χ1n) is 13.4. The van der Waals surface area contributed by atoms with Gasteiger partial charge in [-0.15, -0.1) is 0 Å². The van der Waals surface area contributed by atoms with Crippen molar-refractivity contribution >= 4 is 34.2 Å². The Morgan fingerprint density at radius 3 is 2.38 bits per heavy atom. The molecule has 0 bridgehead atoms. The molecule has 4 rings (SSSR count). The lowest BCUT2D eigenvalue weighted by Gasteiger charge is -2.31. The molecule has 37 heavy (non-hydrogen) atoms. The maximum absolute atomic E-state index is 13.5. The summed E-state index contributed by atoms with van der Waals surface area (Å²) < 4.78 is 0. The Labute approximate surface area is 219 Å². The maximum atomic E-state index is 13.5. The molecule has 0 fully saturated rings. The molecule has 0 spiro atoms. The third-order valence-corrected chi connectivity index (χ3v) is 7.29. The summed E-state index contributed by atoms with van der Waals surface area (Å²) in [5.74, 6) is -0.167. The largest absolute Gasteiger partial charge is 0.352 e. The van der Waals surface area contributed by atoms with Crippen molar-refractivity contribution in [1.82, 2.24) is 10.2 Å². The normalized spacial score (nSPS) is 14.0. The standard InChI is InChI=1S/C31H37N3O3/c1-4-22(3)32-30(36)26(5-2)33(21-19-23-12-7-6-8-13-23)28(35)18-11-20-34-27-17-10-15-24-14-9-16-25(29(24)27)31(34)37/h6-10,12-17,22,26H,4-5,11,18-21H2,1-3H3,(H,32,36). The van der Waals surface area contributed by atoms with E-state index in [0.29, 0.717) is 32.4 Å². The molecule has 3 amide bonds. The quantitative estimate of drug-likeness (QED) is 0.365. The zero-order valence-electron chi connectivity index (χ0n) is 22.1. The Morgan fingerprint density at radius 2 is 1.68 bits per heavy atom. The Bertz CT molecular complexity index is 1250. The number of hydrogen-bond donors (Lipinski definition) is 1. The van der Waals surface area contributed by atoms with Gasteiger partial charge in [0.05, 0.1) is 5.69 Å². The summed E-state index contributed by atoms with van der Waals surface area (Å²) in [6.45, 7) is 6.89. The number of rotatable bonds is 12. The minimum absolute atomic E-state index is 0.0143. The highest BCUT2D eigenvalue weighted by atomic mass is 16.2. The minimum atomic E-state index is -0.517. The maximum Gasteiger partial charge on any atom is 0.258 e. The summed E-state index contributed by atoms with van der Waals surface area (Å²) in [5, 5.41) is 5.09. The smallest absolute Gasteiger partial charge is 0.258 e. The number of amides is 3. The van der Waals surface area contributed by atoms with Gasteiger partial charge in [-0.25, -0.2) is 0 Å². The van der Waals surface area contributed by atoms with Gasteiger partial charge >= 0.3 is 0 Å². The lowest BCUT2D eigenvalue weighted by atomic mass is 10.1. The average Bonchev–Trinajstić information content (AvgIpc) is 3.19. The molecule has 2 unspecified atom stereocenters. The van der Waals surface area contributed by atoms with Crippen molar-refractivity contribution in [3.8, 4) is 0 Å². The molecule has 2 atom stereocenters. The average molecular weight is 500 g/mol. The summed E-state index contributed by atoms with van der Waals surface area (Å²) in [4.78, 5) is 43.3. The molecule has 0 saturated heterocycles. The van der Waals surface area contributed by atoms with Crippen molar-refractivity contribution in [2.75, 3.05) is 18.0 Å². The van der Waals surface area contributed by atoms with Crippen molar-refractivity contribution < 1.29 is 14.4 Å². The van der Waals surface area contributed by atoms with Crippen LogP contribution in [0.5, 0.6) is 0 Å². The van der Waals surface area contributed by atoms with Gasteiger partial charge in [0.1, 0.15) is 6.04 Å². The molecule has 1 N–H and O–H groups in total. The first kappa shape index (κ1) is 26.4. The number of benzene rings is 3. The number of nitrogens with one attached hydrogen (secondary N) is 1. The van der Waals surface area contributed by atoms with Crippen LogP contribution in [-0.2, 0) is 16.0 Å². The molecule has 0 radical (unpaired) electrons. The van der Waals surface area contributed by atoms with Crippen LogP contribution >= 0.6 is 0 Å². The van der Waals surface area contributed by atoms with Crippen molar-refractivity contribution in [1.29, 1.82) is 0 Å². The van der Waals surface area contributed by atoms with Gasteiger partial charge in [0, 0.05) is 36.5 Å². The first-order chi connectivity index (χ1) is 17.9. The van der Waals surface area contributed by atoms with E-state index in [1.54, 1.807) is 9.80 Å². The zero-order valence-corrected chi connectivity index (χ0v) is 22.1. The van der Waals surface area contributed by atoms with Crippen LogP contribution in [0.3, 0.4) is 0 Å². The van der Waals surface area contributed by atoms with Gasteiger partial charge < -0.3 is 15.1 Å². The van der Waals surface area contributed by atoms with Crippen molar-refractivity contribution in [3.05, 3.63) is 77.9 Å². The molecule has 1 heterocycles. The van der Waals surface area contributed by atoms with Crippen LogP contribution in [0.4, 0.5) is 5.69 Å². The van der Waals surface area contributed by atoms with Crippen LogP contribution in [0, 0.1) is 0 Å². The van der Waals surface area contributed by atoms with Crippen LogP contribution in [0.1, 0.15) is 62.4 Å². The van der Waals surface area contributed by atoms with E-state index < -0.39 is 6.04 Å². The van der Waals surface area contributed by atoms with Crippen LogP contribution < -0.4 is 10.2 Å². The van der Waals surface area contributed by atoms with Crippen LogP contribution in [0.2, 0.25) is 0 Å². The molecule has 1 aliphatic heterocycles. The molecule has 0 aliphatic carbocycles. The molecule has 0 saturated carbocycles. The highest BCUT2D eigenvalue weighted by molar-refractivity contribution is 6.25. The summed E-state index contributed by atoms with van der Waals surface area (Å²) in [7, 11) is 0. The molecule has 3 aromatic carbocycles. The minimum Gasteiger partial charge on any atom is -0.352 e. The van der Waals surface area contributed by atoms with Gasteiger partial charge in [-0.05, 0) is 55.7 Å². The number of nitrogens with zero attached hydrogens (tertiary/aromatic N) is 2. The molecule has 6 heteroatoms. The molecule has 0 aromatic heterocycles. The topological polar surface area (TPSA) is 69.7 Å². The van der Waals surface area contributed by atoms with Crippen LogP contribution in [0.15, 0.2) is 66.7 Å². The lowest BCUT2D eigenvalue weighted by Crippen LogP contribution is -2.51. The molecule has 194 valence electrons. The van der Waals surface area contributed by atoms with Crippen molar-refractivity contribution in [2.45, 2.75) is 65.0 Å². The predicted molar refractivity (Wildman–Crippen MR) is 149 cm³/mol. The number of carbonyl (C=O) groups is 3. The SMILES string of the molecule is CCC(C)NC(=O)C(CC)N(CCc1ccccc1)C(=O)CCCN1C(=O)c2cccc3cccc1c23. The third kappa shape index (κ3) is 5.85. The van der Waals surface area contributed by atoms with Gasteiger partial charge in [-0.3, -0.25) is 14.4 Å². The fourth-order valence-electron chi connectivity index (χ4n) is 5.07. The van der Waals surface area contributed by atoms with Crippen LogP contribution in [-0.4, -0.2) is 47.8 Å². The van der Waals surface area contributed by atoms with E-state index in [2.05, 4.69) is 5.32 Å². The van der Waals surface area contributed by atoms with E-state index in [1.807, 2.05) is 87.5 Å². The summed E-state index contributed by atoms with van der Waals surface area (Å²) in [5.41, 5.74) is 2.76. The van der Waals surface area contributed by atoms with Crippen LogP contribution in [0.25, 0.3) is 10.8 Å². The van der Waals surface area contributed by atoms with Gasteiger partial charge in [0.15, 0.2) is 0 Å². The van der Waals surface area contributed by atoms with E-state index in [-0.39, 0.29) is 30.2 Å². The van der Waals surface area contributed by atoms with Crippen molar-refractivity contribution in [2.24, 2.45) is 0 Å². The Balaban J connectivity index is 1.45. The predicted octanol–water partition coefficient (Wildman–Crippen LogP) is 5.34. The first-order valence-corrected chi connectivity index (χ1v) is 13.4. The zero-order chi connectivity index (χ0) is 26.4. The lowest BCUT2D eigenvalue weighted by molar-refractivity contribution is -0.141. The molecule has 6 nitrogen and oxygen atoms in total. The monoisotopic (exact) mass is 499 g/mol. The Hall–Kier alpha value is -3.67. The third-order valence-electron chi connectivity index (χ3n) is 7.29. The van der Waals surface area contributed by atoms with E-state index in [9.17, 15) is 14.4 Å². The molecule has 1 aliphatic rings.